The Balaban J connectivity index is 2.99. The maximum Gasteiger partial charge on any atom is 0.336 e. The van der Waals surface area contributed by atoms with E-state index in [1.807, 2.05) is 39.8 Å². The van der Waals surface area contributed by atoms with Crippen LogP contribution in [0.5, 0.6) is 0 Å². The van der Waals surface area contributed by atoms with Crippen LogP contribution in [0.15, 0.2) is 36.4 Å². The lowest BCUT2D eigenvalue weighted by molar-refractivity contribution is 0.303. The average molecular weight is 485 g/mol. The molecule has 0 aromatic heterocycles. The molecular weight excluding hydrogens is 446 g/mol. The first kappa shape index (κ1) is 27.2. The lowest BCUT2D eigenvalue weighted by Crippen LogP contribution is -2.28. The highest BCUT2D eigenvalue weighted by atomic mass is 31.2. The van der Waals surface area contributed by atoms with Gasteiger partial charge in [-0.15, -0.1) is 0 Å². The summed E-state index contributed by atoms with van der Waals surface area (Å²) < 4.78 is 25.8. The van der Waals surface area contributed by atoms with Crippen molar-refractivity contribution in [3.05, 3.63) is 47.5 Å². The summed E-state index contributed by atoms with van der Waals surface area (Å²) in [5, 5.41) is -1.32. The SMILES string of the molecule is CCCC(CCC)(c1cccc2c(C(CCC)(CCC)P(=O)(O)O)cccc12)P(=O)(O)O. The molecule has 0 aliphatic carbocycles. The van der Waals surface area contributed by atoms with E-state index in [9.17, 15) is 28.7 Å². The smallest absolute Gasteiger partial charge is 0.324 e. The molecule has 0 aliphatic rings. The Kier molecular flexibility index (Phi) is 8.95. The van der Waals surface area contributed by atoms with Crippen LogP contribution in [0.25, 0.3) is 10.8 Å². The summed E-state index contributed by atoms with van der Waals surface area (Å²) in [6, 6.07) is 10.7. The molecule has 2 rings (SSSR count). The summed E-state index contributed by atoms with van der Waals surface area (Å²) in [5.74, 6) is 0. The predicted molar refractivity (Wildman–Crippen MR) is 131 cm³/mol. The van der Waals surface area contributed by atoms with Crippen LogP contribution in [0.1, 0.15) is 90.2 Å². The van der Waals surface area contributed by atoms with Crippen molar-refractivity contribution in [2.24, 2.45) is 0 Å². The van der Waals surface area contributed by atoms with Gasteiger partial charge in [0.25, 0.3) is 0 Å². The van der Waals surface area contributed by atoms with Crippen molar-refractivity contribution >= 4 is 26.0 Å². The maximum atomic E-state index is 12.9. The van der Waals surface area contributed by atoms with Gasteiger partial charge in [-0.1, -0.05) is 89.8 Å². The zero-order valence-corrected chi connectivity index (χ0v) is 21.4. The lowest BCUT2D eigenvalue weighted by Gasteiger charge is -2.38. The standard InChI is InChI=1S/C24H38O6P2/c1-5-15-23(16-6-2,31(25,26)27)21-13-9-12-20-19(21)11-10-14-22(20)24(17-7-3,18-8-4)32(28,29)30/h9-14H,5-8,15-18H2,1-4H3,(H2,25,26,27)(H2,28,29,30). The molecule has 32 heavy (non-hydrogen) atoms. The van der Waals surface area contributed by atoms with Crippen molar-refractivity contribution in [3.8, 4) is 0 Å². The Labute approximate surface area is 191 Å². The van der Waals surface area contributed by atoms with E-state index in [1.165, 1.54) is 0 Å². The van der Waals surface area contributed by atoms with E-state index in [1.54, 1.807) is 24.3 Å². The number of benzene rings is 2. The highest BCUT2D eigenvalue weighted by Gasteiger charge is 2.50. The fourth-order valence-corrected chi connectivity index (χ4v) is 8.54. The molecule has 180 valence electrons. The van der Waals surface area contributed by atoms with E-state index >= 15 is 0 Å². The largest absolute Gasteiger partial charge is 0.336 e. The summed E-state index contributed by atoms with van der Waals surface area (Å²) in [4.78, 5) is 42.1. The molecule has 0 radical (unpaired) electrons. The Hall–Kier alpha value is -1.00. The molecule has 4 N–H and O–H groups in total. The molecule has 8 heteroatoms. The molecule has 0 atom stereocenters. The Bertz CT molecular complexity index is 913. The molecule has 0 saturated carbocycles. The van der Waals surface area contributed by atoms with E-state index in [0.29, 0.717) is 73.3 Å². The van der Waals surface area contributed by atoms with Crippen LogP contribution >= 0.6 is 15.2 Å². The van der Waals surface area contributed by atoms with Crippen LogP contribution in [-0.2, 0) is 19.4 Å². The number of hydrogen-bond donors (Lipinski definition) is 4. The number of hydrogen-bond acceptors (Lipinski definition) is 2. The molecule has 0 bridgehead atoms. The third-order valence-electron chi connectivity index (χ3n) is 6.69. The van der Waals surface area contributed by atoms with Crippen molar-refractivity contribution in [2.45, 2.75) is 89.4 Å². The molecule has 0 spiro atoms. The van der Waals surface area contributed by atoms with Gasteiger partial charge in [0.05, 0.1) is 10.3 Å². The van der Waals surface area contributed by atoms with Gasteiger partial charge in [0.2, 0.25) is 0 Å². The highest BCUT2D eigenvalue weighted by molar-refractivity contribution is 7.53. The Morgan fingerprint density at radius 1 is 0.594 bits per heavy atom. The molecule has 2 aromatic rings. The summed E-state index contributed by atoms with van der Waals surface area (Å²) in [5.41, 5.74) is 1.14. The van der Waals surface area contributed by atoms with Crippen molar-refractivity contribution < 1.29 is 28.7 Å². The molecule has 0 unspecified atom stereocenters. The van der Waals surface area contributed by atoms with Crippen LogP contribution in [0.4, 0.5) is 0 Å². The topological polar surface area (TPSA) is 115 Å². The van der Waals surface area contributed by atoms with Crippen LogP contribution in [0, 0.1) is 0 Å². The lowest BCUT2D eigenvalue weighted by atomic mass is 9.81. The highest BCUT2D eigenvalue weighted by Crippen LogP contribution is 2.65. The van der Waals surface area contributed by atoms with Crippen LogP contribution in [0.3, 0.4) is 0 Å². The monoisotopic (exact) mass is 484 g/mol. The molecule has 0 fully saturated rings. The molecule has 0 heterocycles. The number of fused-ring (bicyclic) bond motifs is 1. The summed E-state index contributed by atoms with van der Waals surface area (Å²) in [6.45, 7) is 7.66. The van der Waals surface area contributed by atoms with E-state index in [-0.39, 0.29) is 0 Å². The van der Waals surface area contributed by atoms with Gasteiger partial charge in [0.15, 0.2) is 0 Å². The minimum atomic E-state index is -4.53. The molecule has 6 nitrogen and oxygen atoms in total. The van der Waals surface area contributed by atoms with Crippen LogP contribution in [-0.4, -0.2) is 19.6 Å². The van der Waals surface area contributed by atoms with Crippen molar-refractivity contribution in [1.82, 2.24) is 0 Å². The van der Waals surface area contributed by atoms with Crippen molar-refractivity contribution in [2.75, 3.05) is 0 Å². The first-order valence-electron chi connectivity index (χ1n) is 11.6. The quantitative estimate of drug-likeness (QED) is 0.247. The van der Waals surface area contributed by atoms with Gasteiger partial charge in [0.1, 0.15) is 0 Å². The van der Waals surface area contributed by atoms with Gasteiger partial charge < -0.3 is 19.6 Å². The van der Waals surface area contributed by atoms with Gasteiger partial charge in [-0.2, -0.15) is 0 Å². The third-order valence-corrected chi connectivity index (χ3v) is 10.3. The predicted octanol–water partition coefficient (Wildman–Crippen LogP) is 6.79. The zero-order chi connectivity index (χ0) is 24.2. The van der Waals surface area contributed by atoms with E-state index in [4.69, 9.17) is 0 Å². The van der Waals surface area contributed by atoms with Gasteiger partial charge in [-0.3, -0.25) is 9.13 Å². The average Bonchev–Trinajstić information content (AvgIpc) is 2.70. The second-order valence-corrected chi connectivity index (χ2v) is 12.7. The Morgan fingerprint density at radius 3 is 1.09 bits per heavy atom. The molecule has 2 aromatic carbocycles. The second kappa shape index (κ2) is 10.5. The van der Waals surface area contributed by atoms with E-state index < -0.39 is 25.5 Å². The van der Waals surface area contributed by atoms with Crippen molar-refractivity contribution in [3.63, 3.8) is 0 Å². The van der Waals surface area contributed by atoms with Gasteiger partial charge in [0, 0.05) is 0 Å². The molecule has 0 aliphatic heterocycles. The Morgan fingerprint density at radius 2 is 0.875 bits per heavy atom. The molecular formula is C24H38O6P2. The first-order chi connectivity index (χ1) is 15.0. The zero-order valence-electron chi connectivity index (χ0n) is 19.6. The minimum Gasteiger partial charge on any atom is -0.324 e. The second-order valence-electron chi connectivity index (χ2n) is 8.86. The minimum absolute atomic E-state index is 0.335. The van der Waals surface area contributed by atoms with Gasteiger partial charge >= 0.3 is 15.2 Å². The summed E-state index contributed by atoms with van der Waals surface area (Å²) in [7, 11) is -9.07. The third kappa shape index (κ3) is 4.78. The molecule has 0 saturated heterocycles. The van der Waals surface area contributed by atoms with E-state index in [0.717, 1.165) is 0 Å². The molecule has 0 amide bonds. The van der Waals surface area contributed by atoms with Gasteiger partial charge in [-0.05, 0) is 47.6 Å². The number of rotatable bonds is 12. The maximum absolute atomic E-state index is 12.9. The normalized spacial score (nSPS) is 13.6. The van der Waals surface area contributed by atoms with Crippen LogP contribution in [0.2, 0.25) is 0 Å². The van der Waals surface area contributed by atoms with Crippen LogP contribution < -0.4 is 0 Å². The fraction of sp³-hybridized carbons (Fsp3) is 0.583. The van der Waals surface area contributed by atoms with Crippen molar-refractivity contribution in [1.29, 1.82) is 0 Å². The summed E-state index contributed by atoms with van der Waals surface area (Å²) >= 11 is 0. The first-order valence-corrected chi connectivity index (χ1v) is 14.8. The van der Waals surface area contributed by atoms with E-state index in [2.05, 4.69) is 0 Å². The fourth-order valence-electron chi connectivity index (χ4n) is 5.46. The summed E-state index contributed by atoms with van der Waals surface area (Å²) in [6.07, 6.45) is 3.78. The van der Waals surface area contributed by atoms with Gasteiger partial charge in [-0.25, -0.2) is 0 Å².